The molecule has 1 rings (SSSR count). The summed E-state index contributed by atoms with van der Waals surface area (Å²) in [6.07, 6.45) is 1.57. The van der Waals surface area contributed by atoms with Crippen LogP contribution in [0.3, 0.4) is 0 Å². The molecule has 0 saturated heterocycles. The van der Waals surface area contributed by atoms with Crippen molar-refractivity contribution in [3.63, 3.8) is 0 Å². The molecule has 0 fully saturated rings. The number of hydrogen-bond acceptors (Lipinski definition) is 2. The van der Waals surface area contributed by atoms with Gasteiger partial charge in [0, 0.05) is 26.2 Å². The number of carbonyl (C=O) groups excluding carboxylic acids is 1. The summed E-state index contributed by atoms with van der Waals surface area (Å²) in [4.78, 5) is 13.8. The predicted molar refractivity (Wildman–Crippen MR) is 81.7 cm³/mol. The number of urea groups is 1. The summed E-state index contributed by atoms with van der Waals surface area (Å²) < 4.78 is 0. The maximum atomic E-state index is 12.0. The molecular weight excluding hydrogens is 252 g/mol. The number of amides is 2. The molecule has 0 spiro atoms. The molecule has 0 unspecified atom stereocenters. The molecule has 0 saturated carbocycles. The van der Waals surface area contributed by atoms with Crippen LogP contribution in [0.5, 0.6) is 0 Å². The third-order valence-corrected chi connectivity index (χ3v) is 3.52. The largest absolute Gasteiger partial charge is 0.396 e. The Labute approximate surface area is 121 Å². The van der Waals surface area contributed by atoms with Crippen LogP contribution in [0.1, 0.15) is 36.5 Å². The van der Waals surface area contributed by atoms with E-state index in [0.717, 1.165) is 18.4 Å². The van der Waals surface area contributed by atoms with Gasteiger partial charge in [-0.1, -0.05) is 18.2 Å². The van der Waals surface area contributed by atoms with E-state index in [4.69, 9.17) is 5.11 Å². The first-order chi connectivity index (χ1) is 9.58. The van der Waals surface area contributed by atoms with Crippen LogP contribution in [-0.4, -0.2) is 35.7 Å². The van der Waals surface area contributed by atoms with Gasteiger partial charge in [0.2, 0.25) is 0 Å². The Morgan fingerprint density at radius 2 is 2.00 bits per heavy atom. The first-order valence-electron chi connectivity index (χ1n) is 7.28. The van der Waals surface area contributed by atoms with Crippen LogP contribution in [0.2, 0.25) is 0 Å². The van der Waals surface area contributed by atoms with Crippen molar-refractivity contribution in [1.29, 1.82) is 0 Å². The summed E-state index contributed by atoms with van der Waals surface area (Å²) in [6, 6.07) is 6.20. The van der Waals surface area contributed by atoms with Gasteiger partial charge in [0.05, 0.1) is 0 Å². The minimum absolute atomic E-state index is 0.0383. The van der Waals surface area contributed by atoms with Gasteiger partial charge >= 0.3 is 6.03 Å². The number of aliphatic hydroxyl groups excluding tert-OH is 1. The van der Waals surface area contributed by atoms with Crippen molar-refractivity contribution in [3.8, 4) is 0 Å². The minimum Gasteiger partial charge on any atom is -0.396 e. The monoisotopic (exact) mass is 278 g/mol. The SMILES string of the molecule is CCN(CCCCO)C(=O)NCc1ccc(C)c(C)c1. The molecule has 0 aromatic heterocycles. The van der Waals surface area contributed by atoms with E-state index in [0.29, 0.717) is 19.6 Å². The molecule has 4 nitrogen and oxygen atoms in total. The lowest BCUT2D eigenvalue weighted by atomic mass is 10.1. The Bertz CT molecular complexity index is 432. The Balaban J connectivity index is 2.45. The smallest absolute Gasteiger partial charge is 0.317 e. The summed E-state index contributed by atoms with van der Waals surface area (Å²) in [6.45, 7) is 8.23. The van der Waals surface area contributed by atoms with Crippen molar-refractivity contribution in [3.05, 3.63) is 34.9 Å². The van der Waals surface area contributed by atoms with Gasteiger partial charge in [-0.05, 0) is 50.3 Å². The normalized spacial score (nSPS) is 10.4. The van der Waals surface area contributed by atoms with Gasteiger partial charge in [0.1, 0.15) is 0 Å². The molecule has 4 heteroatoms. The number of hydrogen-bond donors (Lipinski definition) is 2. The zero-order valence-corrected chi connectivity index (χ0v) is 12.8. The van der Waals surface area contributed by atoms with Crippen molar-refractivity contribution in [2.45, 2.75) is 40.2 Å². The molecule has 20 heavy (non-hydrogen) atoms. The minimum atomic E-state index is -0.0383. The molecular formula is C16H26N2O2. The first kappa shape index (κ1) is 16.5. The summed E-state index contributed by atoms with van der Waals surface area (Å²) >= 11 is 0. The number of nitrogens with zero attached hydrogens (tertiary/aromatic N) is 1. The lowest BCUT2D eigenvalue weighted by Crippen LogP contribution is -2.40. The maximum absolute atomic E-state index is 12.0. The van der Waals surface area contributed by atoms with Gasteiger partial charge in [0.25, 0.3) is 0 Å². The highest BCUT2D eigenvalue weighted by atomic mass is 16.3. The van der Waals surface area contributed by atoms with Gasteiger partial charge in [0.15, 0.2) is 0 Å². The molecule has 2 amide bonds. The quantitative estimate of drug-likeness (QED) is 0.753. The second kappa shape index (κ2) is 8.59. The van der Waals surface area contributed by atoms with Crippen molar-refractivity contribution in [2.24, 2.45) is 0 Å². The first-order valence-corrected chi connectivity index (χ1v) is 7.28. The molecule has 0 radical (unpaired) electrons. The number of unbranched alkanes of at least 4 members (excludes halogenated alkanes) is 1. The van der Waals surface area contributed by atoms with Crippen molar-refractivity contribution < 1.29 is 9.90 Å². The fraction of sp³-hybridized carbons (Fsp3) is 0.562. The second-order valence-corrected chi connectivity index (χ2v) is 5.09. The summed E-state index contributed by atoms with van der Waals surface area (Å²) in [5, 5.41) is 11.7. The van der Waals surface area contributed by atoms with Gasteiger partial charge in [-0.15, -0.1) is 0 Å². The van der Waals surface area contributed by atoms with E-state index in [-0.39, 0.29) is 12.6 Å². The average Bonchev–Trinajstić information content (AvgIpc) is 2.44. The lowest BCUT2D eigenvalue weighted by Gasteiger charge is -2.21. The molecule has 0 aliphatic carbocycles. The molecule has 0 aliphatic heterocycles. The van der Waals surface area contributed by atoms with Crippen LogP contribution in [0, 0.1) is 13.8 Å². The molecule has 0 bridgehead atoms. The van der Waals surface area contributed by atoms with Crippen LogP contribution in [0.25, 0.3) is 0 Å². The fourth-order valence-electron chi connectivity index (χ4n) is 2.02. The highest BCUT2D eigenvalue weighted by Gasteiger charge is 2.10. The molecule has 112 valence electrons. The van der Waals surface area contributed by atoms with Gasteiger partial charge in [-0.25, -0.2) is 4.79 Å². The van der Waals surface area contributed by atoms with Crippen LogP contribution in [0.4, 0.5) is 4.79 Å². The van der Waals surface area contributed by atoms with Crippen molar-refractivity contribution >= 4 is 6.03 Å². The van der Waals surface area contributed by atoms with E-state index < -0.39 is 0 Å². The van der Waals surface area contributed by atoms with Crippen LogP contribution < -0.4 is 5.32 Å². The summed E-state index contributed by atoms with van der Waals surface area (Å²) in [5.74, 6) is 0. The zero-order chi connectivity index (χ0) is 15.0. The highest BCUT2D eigenvalue weighted by Crippen LogP contribution is 2.09. The molecule has 1 aromatic carbocycles. The van der Waals surface area contributed by atoms with Crippen LogP contribution >= 0.6 is 0 Å². The van der Waals surface area contributed by atoms with Gasteiger partial charge < -0.3 is 15.3 Å². The molecule has 1 aromatic rings. The molecule has 0 atom stereocenters. The number of aliphatic hydroxyl groups is 1. The third kappa shape index (κ3) is 5.21. The zero-order valence-electron chi connectivity index (χ0n) is 12.8. The van der Waals surface area contributed by atoms with E-state index >= 15 is 0 Å². The van der Waals surface area contributed by atoms with E-state index in [1.807, 2.05) is 13.0 Å². The number of benzene rings is 1. The Morgan fingerprint density at radius 3 is 2.60 bits per heavy atom. The Morgan fingerprint density at radius 1 is 1.25 bits per heavy atom. The number of rotatable bonds is 7. The lowest BCUT2D eigenvalue weighted by molar-refractivity contribution is 0.196. The van der Waals surface area contributed by atoms with E-state index in [1.165, 1.54) is 11.1 Å². The van der Waals surface area contributed by atoms with Crippen LogP contribution in [0.15, 0.2) is 18.2 Å². The summed E-state index contributed by atoms with van der Waals surface area (Å²) in [7, 11) is 0. The van der Waals surface area contributed by atoms with Gasteiger partial charge in [-0.3, -0.25) is 0 Å². The standard InChI is InChI=1S/C16H26N2O2/c1-4-18(9-5-6-10-19)16(20)17-12-15-8-7-13(2)14(3)11-15/h7-8,11,19H,4-6,9-10,12H2,1-3H3,(H,17,20). The van der Waals surface area contributed by atoms with Crippen molar-refractivity contribution in [2.75, 3.05) is 19.7 Å². The molecule has 0 aliphatic rings. The molecule has 0 heterocycles. The van der Waals surface area contributed by atoms with E-state index in [2.05, 4.69) is 31.3 Å². The maximum Gasteiger partial charge on any atom is 0.317 e. The van der Waals surface area contributed by atoms with E-state index in [9.17, 15) is 4.79 Å². The molecule has 2 N–H and O–H groups in total. The van der Waals surface area contributed by atoms with E-state index in [1.54, 1.807) is 4.90 Å². The Hall–Kier alpha value is -1.55. The summed E-state index contributed by atoms with van der Waals surface area (Å²) in [5.41, 5.74) is 3.62. The van der Waals surface area contributed by atoms with Crippen molar-refractivity contribution in [1.82, 2.24) is 10.2 Å². The van der Waals surface area contributed by atoms with Gasteiger partial charge in [-0.2, -0.15) is 0 Å². The van der Waals surface area contributed by atoms with Crippen LogP contribution in [-0.2, 0) is 6.54 Å². The number of carbonyl (C=O) groups is 1. The number of aryl methyl sites for hydroxylation is 2. The predicted octanol–water partition coefficient (Wildman–Crippen LogP) is 2.61. The topological polar surface area (TPSA) is 52.6 Å². The fourth-order valence-corrected chi connectivity index (χ4v) is 2.02. The Kier molecular flexibility index (Phi) is 7.09. The number of nitrogens with one attached hydrogen (secondary N) is 1. The third-order valence-electron chi connectivity index (χ3n) is 3.52. The average molecular weight is 278 g/mol. The highest BCUT2D eigenvalue weighted by molar-refractivity contribution is 5.74. The second-order valence-electron chi connectivity index (χ2n) is 5.09.